The maximum atomic E-state index is 6.25. The fourth-order valence-electron chi connectivity index (χ4n) is 1.87. The molecule has 96 valence electrons. The van der Waals surface area contributed by atoms with E-state index in [2.05, 4.69) is 15.6 Å². The zero-order valence-corrected chi connectivity index (χ0v) is 11.7. The summed E-state index contributed by atoms with van der Waals surface area (Å²) in [4.78, 5) is 0. The van der Waals surface area contributed by atoms with Gasteiger partial charge in [-0.2, -0.15) is 0 Å². The molecule has 0 saturated heterocycles. The molecule has 18 heavy (non-hydrogen) atoms. The number of aromatic nitrogens is 3. The number of hydrogen-bond donors (Lipinski definition) is 1. The van der Waals surface area contributed by atoms with Gasteiger partial charge in [0.2, 0.25) is 0 Å². The molecule has 0 amide bonds. The van der Waals surface area contributed by atoms with Gasteiger partial charge in [-0.3, -0.25) is 4.68 Å². The number of aryl methyl sites for hydroxylation is 1. The number of benzene rings is 1. The van der Waals surface area contributed by atoms with Crippen LogP contribution in [0.3, 0.4) is 0 Å². The minimum Gasteiger partial charge on any atom is -0.305 e. The molecule has 1 unspecified atom stereocenters. The van der Waals surface area contributed by atoms with Gasteiger partial charge in [0.1, 0.15) is 0 Å². The van der Waals surface area contributed by atoms with Crippen LogP contribution in [0.15, 0.2) is 24.4 Å². The Balaban J connectivity index is 2.45. The molecule has 0 saturated carbocycles. The third kappa shape index (κ3) is 2.66. The van der Waals surface area contributed by atoms with Crippen LogP contribution in [-0.4, -0.2) is 21.5 Å². The predicted molar refractivity (Wildman–Crippen MR) is 73.0 cm³/mol. The lowest BCUT2D eigenvalue weighted by atomic mass is 10.0. The summed E-state index contributed by atoms with van der Waals surface area (Å²) in [6, 6.07) is 5.45. The maximum Gasteiger partial charge on any atom is 0.0799 e. The van der Waals surface area contributed by atoms with Gasteiger partial charge in [-0.15, -0.1) is 5.10 Å². The topological polar surface area (TPSA) is 42.7 Å². The summed E-state index contributed by atoms with van der Waals surface area (Å²) < 4.78 is 1.73. The van der Waals surface area contributed by atoms with Crippen LogP contribution in [0.25, 0.3) is 0 Å². The molecule has 1 aromatic carbocycles. The minimum absolute atomic E-state index is 0.0419. The second-order valence-corrected chi connectivity index (χ2v) is 4.78. The third-order valence-corrected chi connectivity index (χ3v) is 3.29. The van der Waals surface area contributed by atoms with Crippen LogP contribution in [0.4, 0.5) is 0 Å². The van der Waals surface area contributed by atoms with Crippen LogP contribution < -0.4 is 5.32 Å². The molecule has 1 atom stereocenters. The van der Waals surface area contributed by atoms with Crippen molar-refractivity contribution in [1.29, 1.82) is 0 Å². The van der Waals surface area contributed by atoms with Crippen LogP contribution in [0, 0.1) is 0 Å². The number of nitrogens with zero attached hydrogens (tertiary/aromatic N) is 3. The number of rotatable bonds is 4. The Morgan fingerprint density at radius 3 is 2.72 bits per heavy atom. The maximum absolute atomic E-state index is 6.25. The minimum atomic E-state index is -0.0419. The van der Waals surface area contributed by atoms with Gasteiger partial charge in [0.15, 0.2) is 0 Å². The summed E-state index contributed by atoms with van der Waals surface area (Å²) in [7, 11) is 1.86. The summed E-state index contributed by atoms with van der Waals surface area (Å²) in [6.45, 7) is 2.86. The van der Waals surface area contributed by atoms with Gasteiger partial charge in [-0.05, 0) is 24.2 Å². The summed E-state index contributed by atoms with van der Waals surface area (Å²) >= 11 is 12.2. The van der Waals surface area contributed by atoms with Gasteiger partial charge in [0, 0.05) is 17.1 Å². The van der Waals surface area contributed by atoms with Crippen molar-refractivity contribution in [3.8, 4) is 0 Å². The van der Waals surface area contributed by atoms with E-state index in [9.17, 15) is 0 Å². The molecule has 1 heterocycles. The molecular weight excluding hydrogens is 271 g/mol. The van der Waals surface area contributed by atoms with Crippen LogP contribution >= 0.6 is 23.2 Å². The van der Waals surface area contributed by atoms with Crippen LogP contribution in [0.2, 0.25) is 10.0 Å². The molecule has 6 heteroatoms. The van der Waals surface area contributed by atoms with E-state index in [1.165, 1.54) is 0 Å². The first-order valence-corrected chi connectivity index (χ1v) is 6.42. The Labute approximate surface area is 116 Å². The highest BCUT2D eigenvalue weighted by Crippen LogP contribution is 2.29. The lowest BCUT2D eigenvalue weighted by molar-refractivity contribution is 0.568. The summed E-state index contributed by atoms with van der Waals surface area (Å²) in [5.74, 6) is 0. The van der Waals surface area contributed by atoms with Gasteiger partial charge < -0.3 is 5.32 Å². The first-order chi connectivity index (χ1) is 8.63. The second-order valence-electron chi connectivity index (χ2n) is 3.94. The highest BCUT2D eigenvalue weighted by Gasteiger charge is 2.19. The van der Waals surface area contributed by atoms with Crippen molar-refractivity contribution in [3.05, 3.63) is 45.7 Å². The van der Waals surface area contributed by atoms with Gasteiger partial charge in [-0.1, -0.05) is 41.4 Å². The molecule has 2 aromatic rings. The van der Waals surface area contributed by atoms with Crippen LogP contribution in [0.5, 0.6) is 0 Å². The second kappa shape index (κ2) is 5.69. The molecule has 0 bridgehead atoms. The van der Waals surface area contributed by atoms with E-state index in [0.29, 0.717) is 10.0 Å². The first kappa shape index (κ1) is 13.3. The Bertz CT molecular complexity index is 539. The van der Waals surface area contributed by atoms with Gasteiger partial charge in [0.05, 0.1) is 17.9 Å². The quantitative estimate of drug-likeness (QED) is 0.939. The number of halogens is 2. The first-order valence-electron chi connectivity index (χ1n) is 5.66. The zero-order valence-electron chi connectivity index (χ0n) is 10.2. The van der Waals surface area contributed by atoms with E-state index in [4.69, 9.17) is 23.2 Å². The zero-order chi connectivity index (χ0) is 13.1. The van der Waals surface area contributed by atoms with Crippen molar-refractivity contribution < 1.29 is 0 Å². The molecule has 1 N–H and O–H groups in total. The Morgan fingerprint density at radius 2 is 2.17 bits per heavy atom. The lowest BCUT2D eigenvalue weighted by Gasteiger charge is -2.19. The molecular formula is C12H14Cl2N4. The van der Waals surface area contributed by atoms with Crippen molar-refractivity contribution in [1.82, 2.24) is 20.3 Å². The van der Waals surface area contributed by atoms with Crippen LogP contribution in [-0.2, 0) is 7.05 Å². The van der Waals surface area contributed by atoms with E-state index in [0.717, 1.165) is 17.8 Å². The van der Waals surface area contributed by atoms with Crippen molar-refractivity contribution in [2.75, 3.05) is 6.54 Å². The van der Waals surface area contributed by atoms with E-state index in [1.807, 2.05) is 26.1 Å². The standard InChI is InChI=1S/C12H14Cl2N4/c1-3-15-12(11-7-16-17-18(11)2)9-5-4-8(13)6-10(9)14/h4-7,12,15H,3H2,1-2H3. The molecule has 0 spiro atoms. The summed E-state index contributed by atoms with van der Waals surface area (Å²) in [5.41, 5.74) is 1.93. The van der Waals surface area contributed by atoms with E-state index >= 15 is 0 Å². The van der Waals surface area contributed by atoms with E-state index < -0.39 is 0 Å². The largest absolute Gasteiger partial charge is 0.305 e. The van der Waals surface area contributed by atoms with Gasteiger partial charge >= 0.3 is 0 Å². The molecule has 4 nitrogen and oxygen atoms in total. The molecule has 0 fully saturated rings. The van der Waals surface area contributed by atoms with Crippen molar-refractivity contribution >= 4 is 23.2 Å². The molecule has 2 rings (SSSR count). The fourth-order valence-corrected chi connectivity index (χ4v) is 2.39. The molecule has 0 aliphatic carbocycles. The van der Waals surface area contributed by atoms with Crippen LogP contribution in [0.1, 0.15) is 24.2 Å². The van der Waals surface area contributed by atoms with Crippen molar-refractivity contribution in [2.45, 2.75) is 13.0 Å². The average Bonchev–Trinajstić information content (AvgIpc) is 2.73. The third-order valence-electron chi connectivity index (χ3n) is 2.73. The SMILES string of the molecule is CCNC(c1ccc(Cl)cc1Cl)c1cnnn1C. The molecule has 0 aliphatic rings. The Morgan fingerprint density at radius 1 is 1.39 bits per heavy atom. The summed E-state index contributed by atoms with van der Waals surface area (Å²) in [6.07, 6.45) is 1.73. The molecule has 1 aromatic heterocycles. The smallest absolute Gasteiger partial charge is 0.0799 e. The molecule has 0 radical (unpaired) electrons. The van der Waals surface area contributed by atoms with Gasteiger partial charge in [0.25, 0.3) is 0 Å². The average molecular weight is 285 g/mol. The number of hydrogen-bond acceptors (Lipinski definition) is 3. The predicted octanol–water partition coefficient (Wildman–Crippen LogP) is 2.82. The highest BCUT2D eigenvalue weighted by molar-refractivity contribution is 6.35. The molecule has 0 aliphatic heterocycles. The Hall–Kier alpha value is -1.10. The fraction of sp³-hybridized carbons (Fsp3) is 0.333. The number of nitrogens with one attached hydrogen (secondary N) is 1. The Kier molecular flexibility index (Phi) is 4.22. The van der Waals surface area contributed by atoms with Gasteiger partial charge in [-0.25, -0.2) is 0 Å². The van der Waals surface area contributed by atoms with E-state index in [-0.39, 0.29) is 6.04 Å². The lowest BCUT2D eigenvalue weighted by Crippen LogP contribution is -2.24. The van der Waals surface area contributed by atoms with E-state index in [1.54, 1.807) is 16.9 Å². The van der Waals surface area contributed by atoms with Crippen molar-refractivity contribution in [2.24, 2.45) is 7.05 Å². The van der Waals surface area contributed by atoms with Crippen molar-refractivity contribution in [3.63, 3.8) is 0 Å². The highest BCUT2D eigenvalue weighted by atomic mass is 35.5. The monoisotopic (exact) mass is 284 g/mol. The normalized spacial score (nSPS) is 12.7. The summed E-state index contributed by atoms with van der Waals surface area (Å²) in [5, 5.41) is 12.5.